The molecule has 0 radical (unpaired) electrons. The molecule has 0 atom stereocenters. The van der Waals surface area contributed by atoms with E-state index in [1.54, 1.807) is 29.5 Å². The number of hydrogen-bond acceptors (Lipinski definition) is 2. The largest absolute Gasteiger partial charge is 0.322 e. The maximum atomic E-state index is 13.1. The van der Waals surface area contributed by atoms with Crippen LogP contribution in [0, 0.1) is 17.7 Å². The van der Waals surface area contributed by atoms with Crippen molar-refractivity contribution in [2.45, 2.75) is 0 Å². The minimum Gasteiger partial charge on any atom is -0.322 e. The first-order chi connectivity index (χ1) is 11.6. The Morgan fingerprint density at radius 3 is 2.71 bits per heavy atom. The van der Waals surface area contributed by atoms with Crippen molar-refractivity contribution in [3.8, 4) is 11.8 Å². The van der Waals surface area contributed by atoms with E-state index in [0.717, 1.165) is 16.5 Å². The Balaban J connectivity index is 1.78. The molecule has 0 aliphatic heterocycles. The Bertz CT molecular complexity index is 941. The molecule has 1 aromatic heterocycles. The highest BCUT2D eigenvalue weighted by atomic mass is 35.5. The summed E-state index contributed by atoms with van der Waals surface area (Å²) in [6, 6.07) is 14.7. The van der Waals surface area contributed by atoms with Crippen LogP contribution in [0.1, 0.15) is 20.8 Å². The molecule has 1 N–H and O–H groups in total. The number of carbonyl (C=O) groups is 1. The molecule has 0 unspecified atom stereocenters. The van der Waals surface area contributed by atoms with Crippen LogP contribution in [-0.2, 0) is 0 Å². The molecular formula is C19H11ClFNOS. The number of anilines is 1. The molecule has 0 spiro atoms. The van der Waals surface area contributed by atoms with Crippen molar-refractivity contribution in [2.24, 2.45) is 0 Å². The first kappa shape index (κ1) is 16.3. The predicted octanol–water partition coefficient (Wildman–Crippen LogP) is 5.19. The lowest BCUT2D eigenvalue weighted by Gasteiger charge is -2.07. The number of thiophene rings is 1. The monoisotopic (exact) mass is 355 g/mol. The van der Waals surface area contributed by atoms with Crippen LogP contribution in [0.25, 0.3) is 0 Å². The minimum atomic E-state index is -0.484. The molecule has 3 aromatic rings. The first-order valence-corrected chi connectivity index (χ1v) is 8.29. The van der Waals surface area contributed by atoms with Crippen LogP contribution >= 0.6 is 22.9 Å². The molecule has 0 bridgehead atoms. The Morgan fingerprint density at radius 1 is 1.08 bits per heavy atom. The van der Waals surface area contributed by atoms with Gasteiger partial charge < -0.3 is 5.32 Å². The van der Waals surface area contributed by atoms with E-state index in [1.165, 1.54) is 12.1 Å². The summed E-state index contributed by atoms with van der Waals surface area (Å²) >= 11 is 7.48. The van der Waals surface area contributed by atoms with E-state index in [-0.39, 0.29) is 10.6 Å². The molecule has 24 heavy (non-hydrogen) atoms. The fourth-order valence-corrected chi connectivity index (χ4v) is 2.85. The zero-order chi connectivity index (χ0) is 16.9. The van der Waals surface area contributed by atoms with Crippen molar-refractivity contribution in [2.75, 3.05) is 5.32 Å². The van der Waals surface area contributed by atoms with Crippen molar-refractivity contribution in [1.29, 1.82) is 0 Å². The zero-order valence-electron chi connectivity index (χ0n) is 12.3. The molecule has 2 nitrogen and oxygen atoms in total. The Labute approximate surface area is 147 Å². The van der Waals surface area contributed by atoms with Gasteiger partial charge in [-0.05, 0) is 47.8 Å². The minimum absolute atomic E-state index is 0.0705. The molecule has 0 saturated carbocycles. The van der Waals surface area contributed by atoms with E-state index >= 15 is 0 Å². The average Bonchev–Trinajstić information content (AvgIpc) is 3.06. The second-order valence-corrected chi connectivity index (χ2v) is 6.24. The van der Waals surface area contributed by atoms with Gasteiger partial charge in [0.2, 0.25) is 0 Å². The third-order valence-corrected chi connectivity index (χ3v) is 4.25. The second kappa shape index (κ2) is 7.31. The molecule has 1 amide bonds. The van der Waals surface area contributed by atoms with Gasteiger partial charge in [0.15, 0.2) is 0 Å². The summed E-state index contributed by atoms with van der Waals surface area (Å²) in [6.07, 6.45) is 0. The van der Waals surface area contributed by atoms with Crippen LogP contribution in [0.5, 0.6) is 0 Å². The smallest absolute Gasteiger partial charge is 0.257 e. The van der Waals surface area contributed by atoms with Gasteiger partial charge in [0.25, 0.3) is 5.91 Å². The third kappa shape index (κ3) is 4.02. The van der Waals surface area contributed by atoms with E-state index in [9.17, 15) is 9.18 Å². The van der Waals surface area contributed by atoms with Crippen LogP contribution in [0.15, 0.2) is 60.0 Å². The molecule has 5 heteroatoms. The van der Waals surface area contributed by atoms with E-state index in [2.05, 4.69) is 17.2 Å². The number of carbonyl (C=O) groups excluding carboxylic acids is 1. The van der Waals surface area contributed by atoms with Crippen LogP contribution in [0.3, 0.4) is 0 Å². The maximum Gasteiger partial charge on any atom is 0.257 e. The van der Waals surface area contributed by atoms with Crippen molar-refractivity contribution in [3.63, 3.8) is 0 Å². The van der Waals surface area contributed by atoms with E-state index in [1.807, 2.05) is 23.6 Å². The van der Waals surface area contributed by atoms with Gasteiger partial charge in [-0.1, -0.05) is 35.6 Å². The third-order valence-electron chi connectivity index (χ3n) is 3.15. The molecule has 0 saturated heterocycles. The normalized spacial score (nSPS) is 9.92. The van der Waals surface area contributed by atoms with E-state index in [4.69, 9.17) is 11.6 Å². The summed E-state index contributed by atoms with van der Waals surface area (Å²) in [5.74, 6) is 5.23. The molecular weight excluding hydrogens is 345 g/mol. The van der Waals surface area contributed by atoms with Gasteiger partial charge >= 0.3 is 0 Å². The molecule has 118 valence electrons. The number of hydrogen-bond donors (Lipinski definition) is 1. The lowest BCUT2D eigenvalue weighted by molar-refractivity contribution is 0.102. The fourth-order valence-electron chi connectivity index (χ4n) is 2.03. The van der Waals surface area contributed by atoms with Crippen LogP contribution in [0.4, 0.5) is 10.1 Å². The van der Waals surface area contributed by atoms with Gasteiger partial charge in [-0.2, -0.15) is 0 Å². The molecule has 2 aromatic carbocycles. The standard InChI is InChI=1S/C19H11ClFNOS/c20-18-12-14(21)7-9-17(18)19(23)22-15-4-1-3-13(11-15)6-8-16-5-2-10-24-16/h1-5,7,9-12H,(H,22,23). The number of nitrogens with one attached hydrogen (secondary N) is 1. The Morgan fingerprint density at radius 2 is 1.96 bits per heavy atom. The summed E-state index contributed by atoms with van der Waals surface area (Å²) in [4.78, 5) is 13.2. The summed E-state index contributed by atoms with van der Waals surface area (Å²) < 4.78 is 13.1. The van der Waals surface area contributed by atoms with E-state index < -0.39 is 11.7 Å². The summed E-state index contributed by atoms with van der Waals surface area (Å²) in [5.41, 5.74) is 1.60. The van der Waals surface area contributed by atoms with Crippen molar-refractivity contribution < 1.29 is 9.18 Å². The zero-order valence-corrected chi connectivity index (χ0v) is 13.9. The lowest BCUT2D eigenvalue weighted by Crippen LogP contribution is -2.12. The maximum absolute atomic E-state index is 13.1. The number of rotatable bonds is 2. The summed E-state index contributed by atoms with van der Waals surface area (Å²) in [7, 11) is 0. The van der Waals surface area contributed by atoms with Gasteiger partial charge in [0.1, 0.15) is 5.82 Å². The highest BCUT2D eigenvalue weighted by Crippen LogP contribution is 2.19. The summed E-state index contributed by atoms with van der Waals surface area (Å²) in [5, 5.41) is 4.78. The molecule has 0 fully saturated rings. The first-order valence-electron chi connectivity index (χ1n) is 7.04. The number of amides is 1. The molecule has 0 aliphatic carbocycles. The van der Waals surface area contributed by atoms with E-state index in [0.29, 0.717) is 5.69 Å². The molecule has 0 aliphatic rings. The van der Waals surface area contributed by atoms with Crippen LogP contribution in [-0.4, -0.2) is 5.91 Å². The van der Waals surface area contributed by atoms with Gasteiger partial charge in [-0.15, -0.1) is 11.3 Å². The topological polar surface area (TPSA) is 29.1 Å². The number of benzene rings is 2. The van der Waals surface area contributed by atoms with Gasteiger partial charge in [-0.25, -0.2) is 4.39 Å². The van der Waals surface area contributed by atoms with Crippen LogP contribution < -0.4 is 5.32 Å². The SMILES string of the molecule is O=C(Nc1cccc(C#Cc2cccs2)c1)c1ccc(F)cc1Cl. The fraction of sp³-hybridized carbons (Fsp3) is 0. The quantitative estimate of drug-likeness (QED) is 0.629. The number of halogens is 2. The Kier molecular flexibility index (Phi) is 4.95. The van der Waals surface area contributed by atoms with Crippen molar-refractivity contribution in [3.05, 3.63) is 86.8 Å². The van der Waals surface area contributed by atoms with Crippen LogP contribution in [0.2, 0.25) is 5.02 Å². The lowest BCUT2D eigenvalue weighted by atomic mass is 10.1. The molecule has 3 rings (SSSR count). The second-order valence-electron chi connectivity index (χ2n) is 4.89. The highest BCUT2D eigenvalue weighted by molar-refractivity contribution is 7.10. The van der Waals surface area contributed by atoms with Gasteiger partial charge in [0, 0.05) is 11.3 Å². The van der Waals surface area contributed by atoms with Gasteiger partial charge in [-0.3, -0.25) is 4.79 Å². The average molecular weight is 356 g/mol. The van der Waals surface area contributed by atoms with Crippen molar-refractivity contribution in [1.82, 2.24) is 0 Å². The van der Waals surface area contributed by atoms with Crippen molar-refractivity contribution >= 4 is 34.5 Å². The Hall–Kier alpha value is -2.61. The predicted molar refractivity (Wildman–Crippen MR) is 96.1 cm³/mol. The van der Waals surface area contributed by atoms with Gasteiger partial charge in [0.05, 0.1) is 15.5 Å². The highest BCUT2D eigenvalue weighted by Gasteiger charge is 2.11. The summed E-state index contributed by atoms with van der Waals surface area (Å²) in [6.45, 7) is 0. The molecule has 1 heterocycles.